The molecule has 0 aliphatic carbocycles. The van der Waals surface area contributed by atoms with Crippen LogP contribution in [0.15, 0.2) is 65.1 Å². The number of Topliss-reactive ketones (excluding diaryl/α,β-unsaturated/α-hetero) is 1. The number of sulfonamides is 1. The highest BCUT2D eigenvalue weighted by atomic mass is 32.2. The van der Waals surface area contributed by atoms with Gasteiger partial charge in [-0.2, -0.15) is 0 Å². The van der Waals surface area contributed by atoms with Crippen LogP contribution in [0, 0.1) is 6.92 Å². The number of hydrogen-bond acceptors (Lipinski definition) is 3. The van der Waals surface area contributed by atoms with Crippen molar-refractivity contribution in [1.82, 2.24) is 4.72 Å². The van der Waals surface area contributed by atoms with Gasteiger partial charge in [0.15, 0.2) is 5.78 Å². The van der Waals surface area contributed by atoms with Gasteiger partial charge in [-0.15, -0.1) is 0 Å². The Kier molecular flexibility index (Phi) is 5.47. The van der Waals surface area contributed by atoms with Crippen LogP contribution in [-0.4, -0.2) is 20.7 Å². The summed E-state index contributed by atoms with van der Waals surface area (Å²) in [6.07, 6.45) is 1.69. The second-order valence-corrected chi connectivity index (χ2v) is 7.04. The van der Waals surface area contributed by atoms with Crippen LogP contribution in [-0.2, 0) is 14.8 Å². The molecule has 2 rings (SSSR count). The van der Waals surface area contributed by atoms with Crippen LogP contribution < -0.4 is 4.72 Å². The highest BCUT2D eigenvalue weighted by Crippen LogP contribution is 2.12. The van der Waals surface area contributed by atoms with Crippen molar-refractivity contribution in [2.45, 2.75) is 18.7 Å². The first-order valence-corrected chi connectivity index (χ1v) is 8.70. The Bertz CT molecular complexity index is 807. The summed E-state index contributed by atoms with van der Waals surface area (Å²) in [7, 11) is -3.64. The normalized spacial score (nSPS) is 12.2. The van der Waals surface area contributed by atoms with Gasteiger partial charge in [-0.3, -0.25) is 4.79 Å². The second kappa shape index (κ2) is 7.35. The van der Waals surface area contributed by atoms with Gasteiger partial charge in [0.05, 0.1) is 4.90 Å². The summed E-state index contributed by atoms with van der Waals surface area (Å²) >= 11 is 0. The summed E-state index contributed by atoms with van der Waals surface area (Å²) in [5, 5.41) is 0. The van der Waals surface area contributed by atoms with Crippen LogP contribution in [0.5, 0.6) is 0 Å². The highest BCUT2D eigenvalue weighted by molar-refractivity contribution is 7.89. The Morgan fingerprint density at radius 2 is 1.65 bits per heavy atom. The van der Waals surface area contributed by atoms with Gasteiger partial charge in [0, 0.05) is 12.1 Å². The van der Waals surface area contributed by atoms with E-state index in [1.165, 1.54) is 6.92 Å². The minimum absolute atomic E-state index is 0.0412. The Hall–Kier alpha value is -2.24. The predicted molar refractivity (Wildman–Crippen MR) is 91.5 cm³/mol. The summed E-state index contributed by atoms with van der Waals surface area (Å²) in [6, 6.07) is 15.9. The van der Waals surface area contributed by atoms with Crippen LogP contribution in [0.1, 0.15) is 18.1 Å². The van der Waals surface area contributed by atoms with Gasteiger partial charge >= 0.3 is 0 Å². The molecule has 0 spiro atoms. The summed E-state index contributed by atoms with van der Waals surface area (Å²) in [6.45, 7) is 3.27. The van der Waals surface area contributed by atoms with Crippen molar-refractivity contribution >= 4 is 21.9 Å². The Balaban J connectivity index is 2.17. The SMILES string of the molecule is CC(=O)/C(=C\c1ccccc1)CNS(=O)(=O)c1ccc(C)cc1. The molecule has 0 aromatic heterocycles. The van der Waals surface area contributed by atoms with E-state index in [1.54, 1.807) is 30.3 Å². The van der Waals surface area contributed by atoms with E-state index in [0.717, 1.165) is 11.1 Å². The standard InChI is InChI=1S/C18H19NO3S/c1-14-8-10-18(11-9-14)23(21,22)19-13-17(15(2)20)12-16-6-4-3-5-7-16/h3-12,19H,13H2,1-2H3/b17-12-. The maximum Gasteiger partial charge on any atom is 0.240 e. The fraction of sp³-hybridized carbons (Fsp3) is 0.167. The van der Waals surface area contributed by atoms with Crippen LogP contribution in [0.2, 0.25) is 0 Å². The van der Waals surface area contributed by atoms with Gasteiger partial charge in [0.1, 0.15) is 0 Å². The third-order valence-electron chi connectivity index (χ3n) is 3.38. The Morgan fingerprint density at radius 3 is 2.22 bits per heavy atom. The summed E-state index contributed by atoms with van der Waals surface area (Å²) < 4.78 is 27.0. The van der Waals surface area contributed by atoms with Gasteiger partial charge in [-0.1, -0.05) is 48.0 Å². The summed E-state index contributed by atoms with van der Waals surface area (Å²) in [5.74, 6) is -0.166. The average molecular weight is 329 g/mol. The molecule has 5 heteroatoms. The molecule has 2 aromatic carbocycles. The molecular weight excluding hydrogens is 310 g/mol. The third kappa shape index (κ3) is 4.87. The zero-order valence-corrected chi connectivity index (χ0v) is 13.9. The van der Waals surface area contributed by atoms with Crippen LogP contribution in [0.4, 0.5) is 0 Å². The van der Waals surface area contributed by atoms with Gasteiger partial charge in [-0.05, 0) is 37.6 Å². The van der Waals surface area contributed by atoms with Crippen LogP contribution in [0.3, 0.4) is 0 Å². The molecule has 0 aliphatic heterocycles. The first-order chi connectivity index (χ1) is 10.9. The molecule has 2 aromatic rings. The van der Waals surface area contributed by atoms with E-state index < -0.39 is 10.0 Å². The minimum atomic E-state index is -3.64. The quantitative estimate of drug-likeness (QED) is 0.829. The molecule has 0 fully saturated rings. The highest BCUT2D eigenvalue weighted by Gasteiger charge is 2.15. The smallest absolute Gasteiger partial charge is 0.240 e. The monoisotopic (exact) mass is 329 g/mol. The van der Waals surface area contributed by atoms with E-state index in [0.29, 0.717) is 5.57 Å². The molecule has 0 radical (unpaired) electrons. The first kappa shape index (κ1) is 17.1. The molecule has 0 heterocycles. The zero-order chi connectivity index (χ0) is 16.9. The van der Waals surface area contributed by atoms with E-state index in [2.05, 4.69) is 4.72 Å². The summed E-state index contributed by atoms with van der Waals surface area (Å²) in [4.78, 5) is 11.9. The molecule has 4 nitrogen and oxygen atoms in total. The lowest BCUT2D eigenvalue weighted by atomic mass is 10.1. The number of hydrogen-bond donors (Lipinski definition) is 1. The molecule has 0 bridgehead atoms. The maximum atomic E-state index is 12.3. The number of aryl methyl sites for hydroxylation is 1. The van der Waals surface area contributed by atoms with Gasteiger partial charge in [0.25, 0.3) is 0 Å². The topological polar surface area (TPSA) is 63.2 Å². The largest absolute Gasteiger partial charge is 0.295 e. The van der Waals surface area contributed by atoms with Crippen molar-refractivity contribution in [3.05, 3.63) is 71.3 Å². The first-order valence-electron chi connectivity index (χ1n) is 7.21. The molecule has 0 saturated heterocycles. The predicted octanol–water partition coefficient (Wildman–Crippen LogP) is 2.95. The molecule has 0 amide bonds. The van der Waals surface area contributed by atoms with Crippen molar-refractivity contribution < 1.29 is 13.2 Å². The van der Waals surface area contributed by atoms with E-state index in [-0.39, 0.29) is 17.2 Å². The number of nitrogens with one attached hydrogen (secondary N) is 1. The summed E-state index contributed by atoms with van der Waals surface area (Å²) in [5.41, 5.74) is 2.25. The van der Waals surface area contributed by atoms with Crippen LogP contribution >= 0.6 is 0 Å². The number of rotatable bonds is 6. The van der Waals surface area contributed by atoms with E-state index in [9.17, 15) is 13.2 Å². The molecule has 0 unspecified atom stereocenters. The fourth-order valence-corrected chi connectivity index (χ4v) is 3.01. The molecule has 1 N–H and O–H groups in total. The van der Waals surface area contributed by atoms with Crippen molar-refractivity contribution in [3.63, 3.8) is 0 Å². The lowest BCUT2D eigenvalue weighted by Crippen LogP contribution is -2.27. The van der Waals surface area contributed by atoms with Crippen LogP contribution in [0.25, 0.3) is 6.08 Å². The molecule has 0 saturated carbocycles. The lowest BCUT2D eigenvalue weighted by molar-refractivity contribution is -0.113. The Labute approximate surface area is 136 Å². The Morgan fingerprint density at radius 1 is 1.04 bits per heavy atom. The minimum Gasteiger partial charge on any atom is -0.295 e. The van der Waals surface area contributed by atoms with Crippen molar-refractivity contribution in [3.8, 4) is 0 Å². The molecule has 0 atom stereocenters. The number of carbonyl (C=O) groups excluding carboxylic acids is 1. The van der Waals surface area contributed by atoms with Gasteiger partial charge in [-0.25, -0.2) is 13.1 Å². The number of ketones is 1. The average Bonchev–Trinajstić information content (AvgIpc) is 2.52. The molecule has 23 heavy (non-hydrogen) atoms. The van der Waals surface area contributed by atoms with Gasteiger partial charge < -0.3 is 0 Å². The third-order valence-corrected chi connectivity index (χ3v) is 4.79. The van der Waals surface area contributed by atoms with Crippen molar-refractivity contribution in [2.24, 2.45) is 0 Å². The second-order valence-electron chi connectivity index (χ2n) is 5.27. The van der Waals surface area contributed by atoms with E-state index in [4.69, 9.17) is 0 Å². The van der Waals surface area contributed by atoms with E-state index in [1.807, 2.05) is 37.3 Å². The number of benzene rings is 2. The van der Waals surface area contributed by atoms with Crippen molar-refractivity contribution in [1.29, 1.82) is 0 Å². The van der Waals surface area contributed by atoms with Crippen molar-refractivity contribution in [2.75, 3.05) is 6.54 Å². The van der Waals surface area contributed by atoms with Gasteiger partial charge in [0.2, 0.25) is 10.0 Å². The zero-order valence-electron chi connectivity index (χ0n) is 13.1. The lowest BCUT2D eigenvalue weighted by Gasteiger charge is -2.08. The number of carbonyl (C=O) groups is 1. The molecular formula is C18H19NO3S. The molecule has 0 aliphatic rings. The maximum absolute atomic E-state index is 12.3. The fourth-order valence-electron chi connectivity index (χ4n) is 2.00. The van der Waals surface area contributed by atoms with E-state index >= 15 is 0 Å². The molecule has 120 valence electrons.